The van der Waals surface area contributed by atoms with Crippen molar-refractivity contribution in [2.75, 3.05) is 0 Å². The molecule has 2 heterocycles. The molecule has 27 heavy (non-hydrogen) atoms. The summed E-state index contributed by atoms with van der Waals surface area (Å²) in [5.41, 5.74) is 4.09. The number of hydrogen-bond donors (Lipinski definition) is 1. The molecule has 6 heteroatoms. The van der Waals surface area contributed by atoms with E-state index in [1.807, 2.05) is 36.0 Å². The summed E-state index contributed by atoms with van der Waals surface area (Å²) in [5, 5.41) is 9.95. The molecule has 2 aromatic carbocycles. The van der Waals surface area contributed by atoms with Gasteiger partial charge in [0.25, 0.3) is 5.56 Å². The van der Waals surface area contributed by atoms with Crippen molar-refractivity contribution in [3.8, 4) is 0 Å². The van der Waals surface area contributed by atoms with Crippen LogP contribution >= 0.6 is 0 Å². The van der Waals surface area contributed by atoms with E-state index in [-0.39, 0.29) is 11.6 Å². The van der Waals surface area contributed by atoms with Crippen molar-refractivity contribution >= 4 is 21.8 Å². The maximum atomic E-state index is 12.6. The molecule has 0 saturated carbocycles. The van der Waals surface area contributed by atoms with Gasteiger partial charge in [0.15, 0.2) is 0 Å². The molecule has 4 aromatic rings. The Labute approximate surface area is 157 Å². The Morgan fingerprint density at radius 2 is 1.96 bits per heavy atom. The minimum Gasteiger partial charge on any atom is -0.307 e. The van der Waals surface area contributed by atoms with Crippen LogP contribution in [0.4, 0.5) is 0 Å². The first-order valence-corrected chi connectivity index (χ1v) is 9.13. The number of aromatic nitrogens is 4. The summed E-state index contributed by atoms with van der Waals surface area (Å²) in [6, 6.07) is 13.9. The number of hydrogen-bond acceptors (Lipinski definition) is 4. The molecule has 0 saturated heterocycles. The van der Waals surface area contributed by atoms with Crippen LogP contribution in [0.1, 0.15) is 18.2 Å². The number of benzene rings is 2. The van der Waals surface area contributed by atoms with Gasteiger partial charge in [-0.1, -0.05) is 23.8 Å². The fraction of sp³-hybridized carbons (Fsp3) is 0.286. The van der Waals surface area contributed by atoms with E-state index in [0.717, 1.165) is 16.7 Å². The summed E-state index contributed by atoms with van der Waals surface area (Å²) >= 11 is 0. The van der Waals surface area contributed by atoms with Gasteiger partial charge < -0.3 is 5.32 Å². The van der Waals surface area contributed by atoms with E-state index in [4.69, 9.17) is 0 Å². The summed E-state index contributed by atoms with van der Waals surface area (Å²) in [4.78, 5) is 17.0. The number of nitrogens with one attached hydrogen (secondary N) is 1. The molecular weight excluding hydrogens is 338 g/mol. The van der Waals surface area contributed by atoms with Gasteiger partial charge in [-0.2, -0.15) is 5.10 Å². The monoisotopic (exact) mass is 361 g/mol. The fourth-order valence-corrected chi connectivity index (χ4v) is 3.45. The molecule has 0 amide bonds. The lowest BCUT2D eigenvalue weighted by Gasteiger charge is -2.15. The van der Waals surface area contributed by atoms with Crippen molar-refractivity contribution in [2.45, 2.75) is 33.0 Å². The zero-order valence-corrected chi connectivity index (χ0v) is 15.8. The minimum absolute atomic E-state index is 0.00633. The van der Waals surface area contributed by atoms with Gasteiger partial charge in [0.1, 0.15) is 0 Å². The zero-order chi connectivity index (χ0) is 19.0. The number of fused-ring (bicyclic) bond motifs is 2. The maximum absolute atomic E-state index is 12.6. The van der Waals surface area contributed by atoms with Crippen LogP contribution in [0.25, 0.3) is 21.8 Å². The van der Waals surface area contributed by atoms with E-state index < -0.39 is 0 Å². The molecule has 6 nitrogen and oxygen atoms in total. The molecular formula is C21H23N5O. The molecule has 1 N–H and O–H groups in total. The van der Waals surface area contributed by atoms with Gasteiger partial charge in [-0.25, -0.2) is 4.98 Å². The van der Waals surface area contributed by atoms with Gasteiger partial charge in [-0.05, 0) is 38.1 Å². The quantitative estimate of drug-likeness (QED) is 0.594. The molecule has 4 rings (SSSR count). The lowest BCUT2D eigenvalue weighted by molar-refractivity contribution is 0.464. The Morgan fingerprint density at radius 1 is 1.15 bits per heavy atom. The van der Waals surface area contributed by atoms with E-state index in [9.17, 15) is 4.79 Å². The summed E-state index contributed by atoms with van der Waals surface area (Å²) in [6.07, 6.45) is 1.63. The molecule has 0 spiro atoms. The van der Waals surface area contributed by atoms with Crippen LogP contribution in [0.5, 0.6) is 0 Å². The second-order valence-electron chi connectivity index (χ2n) is 7.09. The Bertz CT molecular complexity index is 1170. The topological polar surface area (TPSA) is 64.7 Å². The Balaban J connectivity index is 1.51. The molecule has 0 aliphatic rings. The van der Waals surface area contributed by atoms with Crippen molar-refractivity contribution < 1.29 is 0 Å². The van der Waals surface area contributed by atoms with Crippen LogP contribution < -0.4 is 10.9 Å². The smallest absolute Gasteiger partial charge is 0.261 e. The van der Waals surface area contributed by atoms with Crippen LogP contribution in [0.15, 0.2) is 53.6 Å². The SMILES string of the molecule is Cc1ccc2c(c1)c(CNC(C)Cn1cnc3ccccc3c1=O)nn2C. The molecule has 138 valence electrons. The Hall–Kier alpha value is -2.99. The van der Waals surface area contributed by atoms with Crippen LogP contribution in [0.3, 0.4) is 0 Å². The minimum atomic E-state index is -0.00633. The molecule has 0 bridgehead atoms. The highest BCUT2D eigenvalue weighted by atomic mass is 16.1. The van der Waals surface area contributed by atoms with Crippen LogP contribution in [0.2, 0.25) is 0 Å². The molecule has 0 fully saturated rings. The molecule has 1 atom stereocenters. The van der Waals surface area contributed by atoms with E-state index >= 15 is 0 Å². The Kier molecular flexibility index (Phi) is 4.49. The van der Waals surface area contributed by atoms with E-state index in [0.29, 0.717) is 18.5 Å². The summed E-state index contributed by atoms with van der Waals surface area (Å²) in [5.74, 6) is 0. The second-order valence-corrected chi connectivity index (χ2v) is 7.09. The van der Waals surface area contributed by atoms with Crippen molar-refractivity contribution in [1.82, 2.24) is 24.6 Å². The third-order valence-corrected chi connectivity index (χ3v) is 4.90. The average Bonchev–Trinajstić information content (AvgIpc) is 2.97. The van der Waals surface area contributed by atoms with E-state index in [2.05, 4.69) is 47.4 Å². The van der Waals surface area contributed by atoms with Gasteiger partial charge in [-0.3, -0.25) is 14.0 Å². The lowest BCUT2D eigenvalue weighted by Crippen LogP contribution is -2.34. The number of rotatable bonds is 5. The molecule has 0 aliphatic heterocycles. The van der Waals surface area contributed by atoms with Crippen LogP contribution in [-0.2, 0) is 20.1 Å². The van der Waals surface area contributed by atoms with Gasteiger partial charge in [-0.15, -0.1) is 0 Å². The van der Waals surface area contributed by atoms with Crippen molar-refractivity contribution in [1.29, 1.82) is 0 Å². The first-order valence-electron chi connectivity index (χ1n) is 9.13. The van der Waals surface area contributed by atoms with Crippen LogP contribution in [0, 0.1) is 6.92 Å². The number of para-hydroxylation sites is 1. The highest BCUT2D eigenvalue weighted by molar-refractivity contribution is 5.82. The largest absolute Gasteiger partial charge is 0.307 e. The third kappa shape index (κ3) is 3.36. The fourth-order valence-electron chi connectivity index (χ4n) is 3.45. The van der Waals surface area contributed by atoms with E-state index in [1.165, 1.54) is 10.9 Å². The molecule has 2 aromatic heterocycles. The van der Waals surface area contributed by atoms with Gasteiger partial charge >= 0.3 is 0 Å². The lowest BCUT2D eigenvalue weighted by atomic mass is 10.1. The van der Waals surface area contributed by atoms with Crippen molar-refractivity contribution in [3.05, 3.63) is 70.4 Å². The van der Waals surface area contributed by atoms with Gasteiger partial charge in [0.05, 0.1) is 28.4 Å². The predicted octanol–water partition coefficient (Wildman–Crippen LogP) is 2.77. The standard InChI is InChI=1S/C21H23N5O/c1-14-8-9-20-17(10-14)19(24-25(20)3)11-22-15(2)12-26-13-23-18-7-5-4-6-16(18)21(26)27/h4-10,13,15,22H,11-12H2,1-3H3. The predicted molar refractivity (Wildman–Crippen MR) is 108 cm³/mol. The van der Waals surface area contributed by atoms with E-state index in [1.54, 1.807) is 10.9 Å². The molecule has 0 radical (unpaired) electrons. The highest BCUT2D eigenvalue weighted by Crippen LogP contribution is 2.19. The van der Waals surface area contributed by atoms with Gasteiger partial charge in [0.2, 0.25) is 0 Å². The number of nitrogens with zero attached hydrogens (tertiary/aromatic N) is 4. The molecule has 0 aliphatic carbocycles. The first kappa shape index (κ1) is 17.4. The first-order chi connectivity index (χ1) is 13.0. The van der Waals surface area contributed by atoms with Gasteiger partial charge in [0, 0.05) is 31.6 Å². The summed E-state index contributed by atoms with van der Waals surface area (Å²) in [7, 11) is 1.96. The summed E-state index contributed by atoms with van der Waals surface area (Å²) < 4.78 is 3.58. The summed E-state index contributed by atoms with van der Waals surface area (Å²) in [6.45, 7) is 5.36. The van der Waals surface area contributed by atoms with Crippen molar-refractivity contribution in [3.63, 3.8) is 0 Å². The second kappa shape index (κ2) is 6.96. The zero-order valence-electron chi connectivity index (χ0n) is 15.8. The highest BCUT2D eigenvalue weighted by Gasteiger charge is 2.11. The Morgan fingerprint density at radius 3 is 2.81 bits per heavy atom. The normalized spacial score (nSPS) is 12.7. The maximum Gasteiger partial charge on any atom is 0.261 e. The number of aryl methyl sites for hydroxylation is 2. The average molecular weight is 361 g/mol. The molecule has 1 unspecified atom stereocenters. The van der Waals surface area contributed by atoms with Crippen LogP contribution in [-0.4, -0.2) is 25.4 Å². The third-order valence-electron chi connectivity index (χ3n) is 4.90. The van der Waals surface area contributed by atoms with Crippen molar-refractivity contribution in [2.24, 2.45) is 7.05 Å².